The summed E-state index contributed by atoms with van der Waals surface area (Å²) in [6.45, 7) is 6.24. The van der Waals surface area contributed by atoms with E-state index in [9.17, 15) is 0 Å². The summed E-state index contributed by atoms with van der Waals surface area (Å²) in [5.41, 5.74) is 2.55. The van der Waals surface area contributed by atoms with Crippen molar-refractivity contribution in [2.45, 2.75) is 25.3 Å². The number of para-hydroxylation sites is 2. The van der Waals surface area contributed by atoms with E-state index in [-0.39, 0.29) is 0 Å². The highest BCUT2D eigenvalue weighted by Gasteiger charge is 2.23. The minimum Gasteiger partial charge on any atom is -0.335 e. The zero-order valence-electron chi connectivity index (χ0n) is 16.4. The monoisotopic (exact) mass is 465 g/mol. The molecule has 4 rings (SSSR count). The quantitative estimate of drug-likeness (QED) is 0.412. The maximum atomic E-state index is 8.49. The number of benzene rings is 2. The van der Waals surface area contributed by atoms with Gasteiger partial charge in [-0.2, -0.15) is 0 Å². The predicted octanol–water partition coefficient (Wildman–Crippen LogP) is 0.629. The van der Waals surface area contributed by atoms with E-state index < -0.39 is 10.2 Å². The van der Waals surface area contributed by atoms with Crippen LogP contribution in [0.4, 0.5) is 10.8 Å². The van der Waals surface area contributed by atoms with E-state index in [0.717, 1.165) is 18.2 Å². The van der Waals surface area contributed by atoms with E-state index in [0.29, 0.717) is 0 Å². The smallest absolute Gasteiger partial charge is 0.335 e. The number of aromatic nitrogens is 1. The van der Waals surface area contributed by atoms with Crippen molar-refractivity contribution in [3.05, 3.63) is 59.6 Å². The second-order valence-corrected chi connectivity index (χ2v) is 8.90. The van der Waals surface area contributed by atoms with E-state index in [1.165, 1.54) is 25.8 Å². The van der Waals surface area contributed by atoms with E-state index in [1.807, 2.05) is 18.0 Å². The Kier molecular flexibility index (Phi) is 7.48. The fourth-order valence-electron chi connectivity index (χ4n) is 3.09. The first-order chi connectivity index (χ1) is 14.3. The molecule has 0 N–H and O–H groups in total. The van der Waals surface area contributed by atoms with Crippen LogP contribution in [0.1, 0.15) is 13.8 Å². The van der Waals surface area contributed by atoms with Crippen LogP contribution in [-0.4, -0.2) is 12.8 Å². The fourth-order valence-corrected chi connectivity index (χ4v) is 5.29. The normalized spacial score (nSPS) is 15.0. The molecule has 1 aromatic heterocycles. The summed E-state index contributed by atoms with van der Waals surface area (Å²) in [4.78, 5) is 8.40. The van der Waals surface area contributed by atoms with E-state index in [2.05, 4.69) is 77.9 Å². The van der Waals surface area contributed by atoms with Crippen molar-refractivity contribution in [2.75, 3.05) is 11.4 Å². The Balaban J connectivity index is 0.000000461. The molecule has 30 heavy (non-hydrogen) atoms. The number of rotatable bonds is 4. The molecule has 0 saturated heterocycles. The lowest BCUT2D eigenvalue weighted by molar-refractivity contribution is -2.00. The molecule has 1 aliphatic heterocycles. The number of hydrogen-bond acceptors (Lipinski definition) is 8. The average molecular weight is 466 g/mol. The number of thioether (sulfide) groups is 1. The van der Waals surface area contributed by atoms with Crippen LogP contribution in [-0.2, 0) is 6.54 Å². The molecule has 0 amide bonds. The van der Waals surface area contributed by atoms with Crippen molar-refractivity contribution in [3.63, 3.8) is 0 Å². The van der Waals surface area contributed by atoms with Crippen molar-refractivity contribution in [1.82, 2.24) is 0 Å². The van der Waals surface area contributed by atoms with Crippen LogP contribution in [0.3, 0.4) is 0 Å². The van der Waals surface area contributed by atoms with Gasteiger partial charge in [-0.3, -0.25) is 0 Å². The van der Waals surface area contributed by atoms with Crippen molar-refractivity contribution in [3.8, 4) is 0 Å². The number of aliphatic imine (C=N–C) groups is 1. The number of halogens is 1. The van der Waals surface area contributed by atoms with Gasteiger partial charge in [0.25, 0.3) is 0 Å². The summed E-state index contributed by atoms with van der Waals surface area (Å²) in [5.74, 6) is 0. The number of anilines is 1. The molecule has 0 spiro atoms. The van der Waals surface area contributed by atoms with Gasteiger partial charge in [-0.15, -0.1) is 10.2 Å². The standard InChI is InChI=1S/C20H20N3S2.ClHO4/c1-3-22-15-9-5-7-11-17(15)24-19(22)13-14-21-20-23(4-2)16-10-6-8-12-18(16)25-20;2-1(3,4)5/h5-14H,3-4H2,1-2H3;(H,2,3,4,5)/q+1;/p-1. The van der Waals surface area contributed by atoms with Crippen LogP contribution < -0.4 is 28.1 Å². The molecular formula is C20H20ClN3O4S2. The number of aryl methyl sites for hydroxylation is 1. The van der Waals surface area contributed by atoms with Crippen LogP contribution in [0.25, 0.3) is 10.2 Å². The third-order valence-corrected chi connectivity index (χ3v) is 6.46. The molecule has 0 radical (unpaired) electrons. The molecule has 2 aromatic carbocycles. The van der Waals surface area contributed by atoms with Crippen LogP contribution >= 0.6 is 23.1 Å². The maximum absolute atomic E-state index is 8.49. The number of fused-ring (bicyclic) bond motifs is 2. The minimum absolute atomic E-state index is 0.925. The molecule has 158 valence electrons. The van der Waals surface area contributed by atoms with Gasteiger partial charge in [-0.05, 0) is 54.4 Å². The topological polar surface area (TPSA) is 112 Å². The lowest BCUT2D eigenvalue weighted by atomic mass is 10.3. The van der Waals surface area contributed by atoms with E-state index in [4.69, 9.17) is 23.6 Å². The van der Waals surface area contributed by atoms with E-state index in [1.54, 1.807) is 11.3 Å². The minimum atomic E-state index is -4.94. The Morgan fingerprint density at radius 2 is 1.70 bits per heavy atom. The molecule has 3 aromatic rings. The van der Waals surface area contributed by atoms with Gasteiger partial charge in [0.15, 0.2) is 0 Å². The van der Waals surface area contributed by atoms with Gasteiger partial charge in [0, 0.05) is 17.5 Å². The highest BCUT2D eigenvalue weighted by molar-refractivity contribution is 8.03. The second-order valence-electron chi connectivity index (χ2n) is 6.07. The Labute approximate surface area is 185 Å². The predicted molar refractivity (Wildman–Crippen MR) is 109 cm³/mol. The summed E-state index contributed by atoms with van der Waals surface area (Å²) in [6.07, 6.45) is 4.06. The van der Waals surface area contributed by atoms with Crippen molar-refractivity contribution < 1.29 is 33.4 Å². The summed E-state index contributed by atoms with van der Waals surface area (Å²) in [7, 11) is -4.94. The SMILES string of the molecule is CCN1C(=CC=Nc2sc3ccccc3[n+]2CC)Sc2ccccc21.[O-][Cl+3]([O-])([O-])[O-]. The zero-order valence-corrected chi connectivity index (χ0v) is 18.7. The van der Waals surface area contributed by atoms with Gasteiger partial charge in [0.05, 0.1) is 22.0 Å². The molecule has 0 saturated carbocycles. The van der Waals surface area contributed by atoms with E-state index >= 15 is 0 Å². The first-order valence-corrected chi connectivity index (χ1v) is 12.0. The number of hydrogen-bond donors (Lipinski definition) is 0. The van der Waals surface area contributed by atoms with Crippen molar-refractivity contribution in [1.29, 1.82) is 0 Å². The Bertz CT molecular complexity index is 1070. The third kappa shape index (κ3) is 5.58. The Hall–Kier alpha value is -1.98. The number of allylic oxidation sites excluding steroid dienone is 1. The van der Waals surface area contributed by atoms with Crippen molar-refractivity contribution >= 4 is 50.3 Å². The Morgan fingerprint density at radius 3 is 2.40 bits per heavy atom. The lowest BCUT2D eigenvalue weighted by Gasteiger charge is -2.17. The molecular weight excluding hydrogens is 446 g/mol. The highest BCUT2D eigenvalue weighted by Crippen LogP contribution is 2.45. The van der Waals surface area contributed by atoms with Crippen LogP contribution in [0.15, 0.2) is 69.5 Å². The van der Waals surface area contributed by atoms with Gasteiger partial charge >= 0.3 is 5.13 Å². The van der Waals surface area contributed by atoms with Gasteiger partial charge in [0.1, 0.15) is 11.7 Å². The molecule has 0 fully saturated rings. The van der Waals surface area contributed by atoms with Gasteiger partial charge in [-0.1, -0.05) is 36.0 Å². The van der Waals surface area contributed by atoms with Crippen LogP contribution in [0, 0.1) is 10.2 Å². The van der Waals surface area contributed by atoms with Gasteiger partial charge in [0.2, 0.25) is 0 Å². The largest absolute Gasteiger partial charge is 0.383 e. The average Bonchev–Trinajstić information content (AvgIpc) is 3.23. The number of thiazole rings is 1. The molecule has 7 nitrogen and oxygen atoms in total. The lowest BCUT2D eigenvalue weighted by Crippen LogP contribution is -2.68. The fraction of sp³-hybridized carbons (Fsp3) is 0.200. The molecule has 10 heteroatoms. The third-order valence-electron chi connectivity index (χ3n) is 4.26. The van der Waals surface area contributed by atoms with Crippen LogP contribution in [0.5, 0.6) is 0 Å². The maximum Gasteiger partial charge on any atom is 0.383 e. The second kappa shape index (κ2) is 9.88. The summed E-state index contributed by atoms with van der Waals surface area (Å²) in [6, 6.07) is 17.0. The zero-order chi connectivity index (χ0) is 21.7. The molecule has 1 aliphatic rings. The molecule has 0 bridgehead atoms. The molecule has 0 unspecified atom stereocenters. The number of nitrogens with zero attached hydrogens (tertiary/aromatic N) is 3. The Morgan fingerprint density at radius 1 is 1.03 bits per heavy atom. The van der Waals surface area contributed by atoms with Gasteiger partial charge in [-0.25, -0.2) is 23.2 Å². The summed E-state index contributed by atoms with van der Waals surface area (Å²) < 4.78 is 37.5. The van der Waals surface area contributed by atoms with Crippen LogP contribution in [0.2, 0.25) is 0 Å². The first kappa shape index (κ1) is 22.7. The van der Waals surface area contributed by atoms with Gasteiger partial charge < -0.3 is 4.90 Å². The summed E-state index contributed by atoms with van der Waals surface area (Å²) >= 11 is 3.55. The highest BCUT2D eigenvalue weighted by atomic mass is 35.7. The molecule has 0 aliphatic carbocycles. The summed E-state index contributed by atoms with van der Waals surface area (Å²) in [5, 5.41) is 2.28. The van der Waals surface area contributed by atoms with Crippen molar-refractivity contribution in [2.24, 2.45) is 4.99 Å². The first-order valence-electron chi connectivity index (χ1n) is 9.13. The molecule has 0 atom stereocenters. The molecule has 2 heterocycles.